The summed E-state index contributed by atoms with van der Waals surface area (Å²) in [7, 11) is -7.49. The number of likely N-dealkylation sites (tertiary alicyclic amines) is 1. The van der Waals surface area contributed by atoms with E-state index in [0.29, 0.717) is 22.6 Å². The predicted octanol–water partition coefficient (Wildman–Crippen LogP) is 5.77. The molecule has 19 heteroatoms. The molecule has 0 bridgehead atoms. The number of ether oxygens (including phenoxy) is 6. The van der Waals surface area contributed by atoms with Gasteiger partial charge in [0, 0.05) is 37.3 Å². The molecule has 5 aromatic carbocycles. The largest absolute Gasteiger partial charge is 0.486 e. The Morgan fingerprint density at radius 3 is 1.55 bits per heavy atom. The van der Waals surface area contributed by atoms with Crippen LogP contribution in [0.5, 0.6) is 11.5 Å². The number of sulfonamides is 2. The zero-order valence-corrected chi connectivity index (χ0v) is 43.2. The van der Waals surface area contributed by atoms with E-state index in [1.54, 1.807) is 54.6 Å². The number of piperidine rings is 1. The van der Waals surface area contributed by atoms with Gasteiger partial charge in [-0.1, -0.05) is 61.0 Å². The second-order valence-corrected chi connectivity index (χ2v) is 21.8. The van der Waals surface area contributed by atoms with Crippen molar-refractivity contribution in [2.45, 2.75) is 66.6 Å². The molecule has 0 unspecified atom stereocenters. The molecule has 3 atom stereocenters. The Labute approximate surface area is 434 Å². The maximum Gasteiger partial charge on any atom is 0.251 e. The van der Waals surface area contributed by atoms with Crippen LogP contribution in [-0.4, -0.2) is 132 Å². The monoisotopic (exact) mass is 1050 g/mol. The second kappa shape index (κ2) is 27.2. The molecule has 74 heavy (non-hydrogen) atoms. The number of benzene rings is 5. The molecule has 0 spiro atoms. The topological polar surface area (TPSA) is 209 Å². The van der Waals surface area contributed by atoms with Crippen LogP contribution >= 0.6 is 0 Å². The van der Waals surface area contributed by atoms with Crippen molar-refractivity contribution in [1.29, 1.82) is 0 Å². The highest BCUT2D eigenvalue weighted by molar-refractivity contribution is 7.89. The fraction of sp³-hybridized carbons (Fsp3) is 0.418. The Kier molecular flexibility index (Phi) is 20.0. The maximum atomic E-state index is 13.0. The molecule has 0 radical (unpaired) electrons. The number of nitrogens with one attached hydrogen (secondary N) is 4. The van der Waals surface area contributed by atoms with Gasteiger partial charge in [-0.05, 0) is 134 Å². The average Bonchev–Trinajstić information content (AvgIpc) is 4.01. The summed E-state index contributed by atoms with van der Waals surface area (Å²) >= 11 is 0. The third kappa shape index (κ3) is 15.4. The van der Waals surface area contributed by atoms with Crippen LogP contribution in [0.25, 0.3) is 0 Å². The first-order valence-electron chi connectivity index (χ1n) is 25.4. The van der Waals surface area contributed by atoms with Crippen LogP contribution in [0.4, 0.5) is 0 Å². The molecule has 2 amide bonds. The second-order valence-electron chi connectivity index (χ2n) is 18.2. The molecule has 3 aliphatic rings. The maximum absolute atomic E-state index is 13.0. The Balaban J connectivity index is 0.622. The third-order valence-corrected chi connectivity index (χ3v) is 16.1. The molecular formula is C55H67N5O12S2. The fourth-order valence-electron chi connectivity index (χ4n) is 9.38. The Morgan fingerprint density at radius 2 is 1.00 bits per heavy atom. The van der Waals surface area contributed by atoms with Gasteiger partial charge in [-0.3, -0.25) is 14.5 Å². The lowest BCUT2D eigenvalue weighted by atomic mass is 10.0. The van der Waals surface area contributed by atoms with E-state index in [2.05, 4.69) is 55.3 Å². The number of carbonyl (C=O) groups excluding carboxylic acids is 2. The smallest absolute Gasteiger partial charge is 0.251 e. The molecular weight excluding hydrogens is 987 g/mol. The van der Waals surface area contributed by atoms with Crippen molar-refractivity contribution in [3.63, 3.8) is 0 Å². The van der Waals surface area contributed by atoms with E-state index >= 15 is 0 Å². The Morgan fingerprint density at radius 1 is 0.514 bits per heavy atom. The summed E-state index contributed by atoms with van der Waals surface area (Å²) in [6.45, 7) is 4.44. The van der Waals surface area contributed by atoms with Crippen LogP contribution in [0.15, 0.2) is 131 Å². The molecule has 1 heterocycles. The lowest BCUT2D eigenvalue weighted by Gasteiger charge is -2.35. The zero-order chi connectivity index (χ0) is 51.6. The third-order valence-electron chi connectivity index (χ3n) is 13.2. The minimum atomic E-state index is -3.76. The number of fused-ring (bicyclic) bond motifs is 2. The number of nitrogens with zero attached hydrogens (tertiary/aromatic N) is 1. The first kappa shape index (κ1) is 54.5. The number of hydrogen-bond acceptors (Lipinski definition) is 13. The molecule has 1 fully saturated rings. The summed E-state index contributed by atoms with van der Waals surface area (Å²) < 4.78 is 91.5. The van der Waals surface area contributed by atoms with Gasteiger partial charge in [0.25, 0.3) is 11.8 Å². The van der Waals surface area contributed by atoms with E-state index in [0.717, 1.165) is 32.4 Å². The number of carbonyl (C=O) groups is 2. The van der Waals surface area contributed by atoms with Gasteiger partial charge in [0.05, 0.1) is 68.7 Å². The molecule has 396 valence electrons. The average molecular weight is 1050 g/mol. The Hall–Kier alpha value is -5.74. The summed E-state index contributed by atoms with van der Waals surface area (Å²) in [6, 6.07) is 36.1. The lowest BCUT2D eigenvalue weighted by Crippen LogP contribution is -2.43. The highest BCUT2D eigenvalue weighted by Gasteiger charge is 2.38. The minimum Gasteiger partial charge on any atom is -0.486 e. The van der Waals surface area contributed by atoms with Crippen molar-refractivity contribution in [3.05, 3.63) is 155 Å². The van der Waals surface area contributed by atoms with Crippen LogP contribution < -0.4 is 29.6 Å². The van der Waals surface area contributed by atoms with Crippen LogP contribution in [0, 0.1) is 0 Å². The first-order chi connectivity index (χ1) is 36.0. The molecule has 1 aliphatic heterocycles. The zero-order valence-electron chi connectivity index (χ0n) is 41.6. The predicted molar refractivity (Wildman–Crippen MR) is 279 cm³/mol. The van der Waals surface area contributed by atoms with Crippen molar-refractivity contribution < 1.29 is 54.8 Å². The minimum absolute atomic E-state index is 0.0459. The van der Waals surface area contributed by atoms with E-state index in [-0.39, 0.29) is 119 Å². The quantitative estimate of drug-likeness (QED) is 0.0421. The highest BCUT2D eigenvalue weighted by atomic mass is 32.2. The molecule has 17 nitrogen and oxygen atoms in total. The Bertz CT molecular complexity index is 2830. The molecule has 0 saturated carbocycles. The van der Waals surface area contributed by atoms with E-state index in [1.165, 1.54) is 59.7 Å². The van der Waals surface area contributed by atoms with Crippen molar-refractivity contribution in [2.24, 2.45) is 0 Å². The van der Waals surface area contributed by atoms with Gasteiger partial charge in [-0.2, -0.15) is 0 Å². The standard InChI is InChI=1S/C55H67N5O12S2/c61-54(56-25-31-67-35-37-69-33-27-58-73(63,64)47-20-16-45(17-21-47)71-52-24-15-41-9-2-4-13-49(41)52)43-11-8-12-44(39-43)55(62)57-26-32-68-36-38-70-34-28-59-74(65,66)48-22-18-46(19-23-48)72-53-50-14-5-3-10-42(50)40-51(53)60-29-6-1-7-30-60/h2-5,8-14,16-23,39,51-53,58-59H,1,6-7,15,24-38,40H2,(H,56,61)(H,57,62)/t51-,52+,53-/m0/s1. The van der Waals surface area contributed by atoms with E-state index in [4.69, 9.17) is 28.4 Å². The fourth-order valence-corrected chi connectivity index (χ4v) is 11.4. The van der Waals surface area contributed by atoms with Gasteiger partial charge in [0.2, 0.25) is 20.0 Å². The summed E-state index contributed by atoms with van der Waals surface area (Å²) in [5.74, 6) is 0.511. The van der Waals surface area contributed by atoms with Gasteiger partial charge in [-0.15, -0.1) is 0 Å². The van der Waals surface area contributed by atoms with Gasteiger partial charge < -0.3 is 39.1 Å². The van der Waals surface area contributed by atoms with E-state index in [9.17, 15) is 26.4 Å². The van der Waals surface area contributed by atoms with Crippen molar-refractivity contribution >= 4 is 31.9 Å². The number of aryl methyl sites for hydroxylation is 1. The summed E-state index contributed by atoms with van der Waals surface area (Å²) in [6.07, 6.45) is 6.26. The van der Waals surface area contributed by atoms with Crippen molar-refractivity contribution in [1.82, 2.24) is 25.0 Å². The SMILES string of the molecule is O=C(NCCOCCOCCNS(=O)(=O)c1ccc(O[C@@H]2CCc3ccccc32)cc1)c1cccc(C(=O)NCCOCCOCCNS(=O)(=O)c2ccc(O[C@H]3c4ccccc4C[C@@H]3N3CCCCC3)cc2)c1. The summed E-state index contributed by atoms with van der Waals surface area (Å²) in [5.41, 5.74) is 5.58. The molecule has 4 N–H and O–H groups in total. The molecule has 2 aliphatic carbocycles. The van der Waals surface area contributed by atoms with Gasteiger partial charge in [0.15, 0.2) is 0 Å². The molecule has 8 rings (SSSR count). The van der Waals surface area contributed by atoms with Crippen LogP contribution in [0.2, 0.25) is 0 Å². The summed E-state index contributed by atoms with van der Waals surface area (Å²) in [4.78, 5) is 28.3. The molecule has 1 saturated heterocycles. The highest BCUT2D eigenvalue weighted by Crippen LogP contribution is 2.39. The van der Waals surface area contributed by atoms with Crippen LogP contribution in [0.1, 0.15) is 80.9 Å². The van der Waals surface area contributed by atoms with Crippen LogP contribution in [-0.2, 0) is 51.8 Å². The number of amides is 2. The number of rotatable bonds is 29. The first-order valence-corrected chi connectivity index (χ1v) is 28.4. The van der Waals surface area contributed by atoms with Crippen molar-refractivity contribution in [2.75, 3.05) is 92.1 Å². The van der Waals surface area contributed by atoms with Gasteiger partial charge >= 0.3 is 0 Å². The van der Waals surface area contributed by atoms with E-state index < -0.39 is 20.0 Å². The molecule has 5 aromatic rings. The summed E-state index contributed by atoms with van der Waals surface area (Å²) in [5, 5.41) is 5.53. The van der Waals surface area contributed by atoms with E-state index in [1.807, 2.05) is 18.2 Å². The lowest BCUT2D eigenvalue weighted by molar-refractivity contribution is 0.0503. The van der Waals surface area contributed by atoms with Crippen LogP contribution in [0.3, 0.4) is 0 Å². The normalized spacial score (nSPS) is 17.6. The van der Waals surface area contributed by atoms with Gasteiger partial charge in [-0.25, -0.2) is 26.3 Å². The van der Waals surface area contributed by atoms with Crippen molar-refractivity contribution in [3.8, 4) is 11.5 Å². The molecule has 0 aromatic heterocycles. The van der Waals surface area contributed by atoms with Gasteiger partial charge in [0.1, 0.15) is 23.7 Å². The number of hydrogen-bond donors (Lipinski definition) is 4.